The zero-order valence-electron chi connectivity index (χ0n) is 16.2. The first-order chi connectivity index (χ1) is 14.0. The van der Waals surface area contributed by atoms with Crippen molar-refractivity contribution in [2.75, 3.05) is 11.9 Å². The van der Waals surface area contributed by atoms with E-state index >= 15 is 0 Å². The minimum Gasteiger partial charge on any atom is -0.490 e. The van der Waals surface area contributed by atoms with Crippen LogP contribution in [0.3, 0.4) is 0 Å². The van der Waals surface area contributed by atoms with Crippen molar-refractivity contribution in [2.45, 2.75) is 20.5 Å². The number of rotatable bonds is 7. The van der Waals surface area contributed by atoms with E-state index in [-0.39, 0.29) is 5.91 Å². The molecule has 3 aromatic rings. The third-order valence-electron chi connectivity index (χ3n) is 4.16. The molecular formula is C23H21BrINO3. The summed E-state index contributed by atoms with van der Waals surface area (Å²) in [5.41, 5.74) is 3.52. The average molecular weight is 566 g/mol. The van der Waals surface area contributed by atoms with E-state index < -0.39 is 0 Å². The van der Waals surface area contributed by atoms with Crippen LogP contribution in [0, 0.1) is 10.5 Å². The number of hydrogen-bond donors (Lipinski definition) is 1. The fraction of sp³-hybridized carbons (Fsp3) is 0.174. The Morgan fingerprint density at radius 2 is 1.83 bits per heavy atom. The van der Waals surface area contributed by atoms with Crippen LogP contribution in [0.25, 0.3) is 0 Å². The first-order valence-electron chi connectivity index (χ1n) is 9.18. The molecule has 3 aromatic carbocycles. The number of amides is 1. The van der Waals surface area contributed by atoms with Crippen LogP contribution >= 0.6 is 38.5 Å². The van der Waals surface area contributed by atoms with E-state index in [9.17, 15) is 4.79 Å². The lowest BCUT2D eigenvalue weighted by atomic mass is 10.1. The van der Waals surface area contributed by atoms with Crippen LogP contribution in [0.2, 0.25) is 0 Å². The molecule has 3 rings (SSSR count). The lowest BCUT2D eigenvalue weighted by Crippen LogP contribution is -2.13. The van der Waals surface area contributed by atoms with Gasteiger partial charge < -0.3 is 14.8 Å². The maximum Gasteiger partial charge on any atom is 0.255 e. The van der Waals surface area contributed by atoms with E-state index in [1.54, 1.807) is 12.1 Å². The third-order valence-corrected chi connectivity index (χ3v) is 5.45. The molecule has 0 bridgehead atoms. The molecule has 0 unspecified atom stereocenters. The molecule has 0 heterocycles. The van der Waals surface area contributed by atoms with E-state index in [1.807, 2.05) is 43.3 Å². The van der Waals surface area contributed by atoms with E-state index in [4.69, 9.17) is 9.47 Å². The normalized spacial score (nSPS) is 10.5. The van der Waals surface area contributed by atoms with Crippen molar-refractivity contribution in [1.29, 1.82) is 0 Å². The molecule has 0 saturated heterocycles. The summed E-state index contributed by atoms with van der Waals surface area (Å²) in [5.74, 6) is 1.00. The summed E-state index contributed by atoms with van der Waals surface area (Å²) >= 11 is 5.59. The van der Waals surface area contributed by atoms with Gasteiger partial charge in [0.15, 0.2) is 11.5 Å². The quantitative estimate of drug-likeness (QED) is 0.329. The molecule has 0 spiro atoms. The van der Waals surface area contributed by atoms with Crippen molar-refractivity contribution < 1.29 is 14.3 Å². The van der Waals surface area contributed by atoms with Crippen molar-refractivity contribution in [3.8, 4) is 11.5 Å². The lowest BCUT2D eigenvalue weighted by molar-refractivity contribution is 0.102. The second-order valence-corrected chi connectivity index (χ2v) is 8.53. The summed E-state index contributed by atoms with van der Waals surface area (Å²) in [4.78, 5) is 12.7. The molecule has 0 radical (unpaired) electrons. The minimum absolute atomic E-state index is 0.202. The van der Waals surface area contributed by atoms with E-state index in [0.29, 0.717) is 30.3 Å². The minimum atomic E-state index is -0.202. The molecule has 0 aliphatic rings. The van der Waals surface area contributed by atoms with Crippen LogP contribution < -0.4 is 14.8 Å². The highest BCUT2D eigenvalue weighted by molar-refractivity contribution is 14.1. The molecule has 0 atom stereocenters. The zero-order chi connectivity index (χ0) is 20.8. The number of hydrogen-bond acceptors (Lipinski definition) is 3. The lowest BCUT2D eigenvalue weighted by Gasteiger charge is -2.16. The fourth-order valence-electron chi connectivity index (χ4n) is 2.71. The molecule has 1 amide bonds. The number of ether oxygens (including phenoxy) is 2. The number of aryl methyl sites for hydroxylation is 1. The molecular weight excluding hydrogens is 545 g/mol. The molecule has 0 saturated carbocycles. The molecule has 1 N–H and O–H groups in total. The van der Waals surface area contributed by atoms with Gasteiger partial charge in [0, 0.05) is 15.7 Å². The first kappa shape index (κ1) is 21.6. The van der Waals surface area contributed by atoms with Crippen molar-refractivity contribution in [2.24, 2.45) is 0 Å². The van der Waals surface area contributed by atoms with Crippen molar-refractivity contribution in [3.63, 3.8) is 0 Å². The van der Waals surface area contributed by atoms with E-state index in [2.05, 4.69) is 62.9 Å². The highest BCUT2D eigenvalue weighted by Gasteiger charge is 2.16. The van der Waals surface area contributed by atoms with Gasteiger partial charge in [-0.3, -0.25) is 4.79 Å². The molecule has 29 heavy (non-hydrogen) atoms. The predicted molar refractivity (Wildman–Crippen MR) is 128 cm³/mol. The largest absolute Gasteiger partial charge is 0.490 e. The van der Waals surface area contributed by atoms with Crippen molar-refractivity contribution in [1.82, 2.24) is 0 Å². The number of anilines is 1. The van der Waals surface area contributed by atoms with Crippen molar-refractivity contribution in [3.05, 3.63) is 85.4 Å². The van der Waals surface area contributed by atoms with Gasteiger partial charge in [0.1, 0.15) is 6.61 Å². The summed E-state index contributed by atoms with van der Waals surface area (Å²) < 4.78 is 13.5. The second kappa shape index (κ2) is 10.1. The first-order valence-corrected chi connectivity index (χ1v) is 11.0. The van der Waals surface area contributed by atoms with Gasteiger partial charge in [-0.1, -0.05) is 51.8 Å². The van der Waals surface area contributed by atoms with Gasteiger partial charge in [-0.2, -0.15) is 0 Å². The van der Waals surface area contributed by atoms with Crippen LogP contribution in [-0.2, 0) is 6.61 Å². The Labute approximate surface area is 192 Å². The summed E-state index contributed by atoms with van der Waals surface area (Å²) in [5, 5.41) is 2.91. The fourth-order valence-corrected chi connectivity index (χ4v) is 3.87. The van der Waals surface area contributed by atoms with Gasteiger partial charge in [0.05, 0.1) is 10.2 Å². The standard InChI is InChI=1S/C23H21BrINO3/c1-3-28-21-12-17(23(27)26-19-6-4-5-18(24)13-19)11-20(25)22(21)29-14-16-9-7-15(2)8-10-16/h4-13H,3,14H2,1-2H3,(H,26,27). The van der Waals surface area contributed by atoms with Crippen molar-refractivity contribution >= 4 is 50.1 Å². The van der Waals surface area contributed by atoms with Crippen LogP contribution in [0.1, 0.15) is 28.4 Å². The smallest absolute Gasteiger partial charge is 0.255 e. The number of benzene rings is 3. The maximum absolute atomic E-state index is 12.7. The number of nitrogens with one attached hydrogen (secondary N) is 1. The van der Waals surface area contributed by atoms with Gasteiger partial charge in [-0.05, 0) is 72.3 Å². The van der Waals surface area contributed by atoms with Crippen LogP contribution in [0.4, 0.5) is 5.69 Å². The SMILES string of the molecule is CCOc1cc(C(=O)Nc2cccc(Br)c2)cc(I)c1OCc1ccc(C)cc1. The topological polar surface area (TPSA) is 47.6 Å². The predicted octanol–water partition coefficient (Wildman–Crippen LogP) is 6.59. The van der Waals surface area contributed by atoms with Gasteiger partial charge in [0.25, 0.3) is 5.91 Å². The zero-order valence-corrected chi connectivity index (χ0v) is 19.9. The Morgan fingerprint density at radius 3 is 2.52 bits per heavy atom. The van der Waals surface area contributed by atoms with Crippen LogP contribution in [0.15, 0.2) is 65.1 Å². The van der Waals surface area contributed by atoms with Gasteiger partial charge >= 0.3 is 0 Å². The summed E-state index contributed by atoms with van der Waals surface area (Å²) in [6.07, 6.45) is 0. The molecule has 0 aliphatic carbocycles. The average Bonchev–Trinajstić information content (AvgIpc) is 2.68. The van der Waals surface area contributed by atoms with Gasteiger partial charge in [-0.15, -0.1) is 0 Å². The molecule has 0 fully saturated rings. The Bertz CT molecular complexity index is 1010. The monoisotopic (exact) mass is 565 g/mol. The Balaban J connectivity index is 1.81. The molecule has 0 aromatic heterocycles. The molecule has 150 valence electrons. The van der Waals surface area contributed by atoms with Gasteiger partial charge in [-0.25, -0.2) is 0 Å². The number of carbonyl (C=O) groups is 1. The number of carbonyl (C=O) groups excluding carboxylic acids is 1. The summed E-state index contributed by atoms with van der Waals surface area (Å²) in [6, 6.07) is 19.2. The molecule has 4 nitrogen and oxygen atoms in total. The Morgan fingerprint density at radius 1 is 1.07 bits per heavy atom. The third kappa shape index (κ3) is 5.96. The molecule has 0 aliphatic heterocycles. The highest BCUT2D eigenvalue weighted by atomic mass is 127. The maximum atomic E-state index is 12.7. The van der Waals surface area contributed by atoms with E-state index in [1.165, 1.54) is 5.56 Å². The summed E-state index contributed by atoms with van der Waals surface area (Å²) in [7, 11) is 0. The summed E-state index contributed by atoms with van der Waals surface area (Å²) in [6.45, 7) is 4.87. The second-order valence-electron chi connectivity index (χ2n) is 6.46. The van der Waals surface area contributed by atoms with Gasteiger partial charge in [0.2, 0.25) is 0 Å². The Hall–Kier alpha value is -2.06. The van der Waals surface area contributed by atoms with Crippen LogP contribution in [-0.4, -0.2) is 12.5 Å². The Kier molecular flexibility index (Phi) is 7.55. The molecule has 6 heteroatoms. The van der Waals surface area contributed by atoms with E-state index in [0.717, 1.165) is 19.3 Å². The van der Waals surface area contributed by atoms with Crippen LogP contribution in [0.5, 0.6) is 11.5 Å². The highest BCUT2D eigenvalue weighted by Crippen LogP contribution is 2.35. The number of halogens is 2.